The molecule has 1 fully saturated rings. The number of hydrogen-bond donors (Lipinski definition) is 2. The van der Waals surface area contributed by atoms with Crippen LogP contribution in [0.15, 0.2) is 18.2 Å². The fourth-order valence-corrected chi connectivity index (χ4v) is 2.54. The number of rotatable bonds is 5. The third kappa shape index (κ3) is 4.96. The Labute approximate surface area is 142 Å². The quantitative estimate of drug-likeness (QED) is 0.863. The Morgan fingerprint density at radius 3 is 2.54 bits per heavy atom. The topological polar surface area (TPSA) is 84.9 Å². The van der Waals surface area contributed by atoms with Gasteiger partial charge in [-0.25, -0.2) is 4.79 Å². The van der Waals surface area contributed by atoms with Crippen LogP contribution in [0, 0.1) is 6.92 Å². The number of carboxylic acids is 1. The van der Waals surface area contributed by atoms with Gasteiger partial charge in [0.25, 0.3) is 0 Å². The molecule has 1 amide bonds. The van der Waals surface area contributed by atoms with Gasteiger partial charge in [-0.1, -0.05) is 12.1 Å². The van der Waals surface area contributed by atoms with Crippen LogP contribution < -0.4 is 10.1 Å². The zero-order valence-electron chi connectivity index (χ0n) is 14.6. The van der Waals surface area contributed by atoms with E-state index < -0.39 is 18.2 Å². The van der Waals surface area contributed by atoms with Gasteiger partial charge >= 0.3 is 5.97 Å². The molecule has 1 aromatic carbocycles. The summed E-state index contributed by atoms with van der Waals surface area (Å²) in [6.07, 6.45) is -0.818. The maximum absolute atomic E-state index is 12.2. The second-order valence-corrected chi connectivity index (χ2v) is 7.07. The predicted molar refractivity (Wildman–Crippen MR) is 88.9 cm³/mol. The van der Waals surface area contributed by atoms with Gasteiger partial charge in [0.05, 0.1) is 0 Å². The molecule has 0 aromatic heterocycles. The minimum atomic E-state index is -1.02. The lowest BCUT2D eigenvalue weighted by atomic mass is 10.1. The molecule has 0 radical (unpaired) electrons. The van der Waals surface area contributed by atoms with E-state index in [-0.39, 0.29) is 11.5 Å². The van der Waals surface area contributed by atoms with Crippen molar-refractivity contribution < 1.29 is 24.2 Å². The molecule has 1 aliphatic heterocycles. The molecule has 0 saturated carbocycles. The highest BCUT2D eigenvalue weighted by molar-refractivity contribution is 5.82. The summed E-state index contributed by atoms with van der Waals surface area (Å²) < 4.78 is 11.2. The van der Waals surface area contributed by atoms with Crippen LogP contribution >= 0.6 is 0 Å². The third-order valence-electron chi connectivity index (χ3n) is 3.68. The maximum Gasteiger partial charge on any atom is 0.332 e. The number of carbonyl (C=O) groups excluding carboxylic acids is 1. The molecule has 0 unspecified atom stereocenters. The molecule has 2 rings (SSSR count). The number of carboxylic acid groups (broad SMARTS) is 1. The second kappa shape index (κ2) is 7.21. The number of benzene rings is 1. The molecule has 0 bridgehead atoms. The largest absolute Gasteiger partial charge is 0.488 e. The molecule has 132 valence electrons. The van der Waals surface area contributed by atoms with Crippen LogP contribution in [0.1, 0.15) is 44.7 Å². The van der Waals surface area contributed by atoms with Gasteiger partial charge in [-0.15, -0.1) is 0 Å². The van der Waals surface area contributed by atoms with Gasteiger partial charge in [-0.2, -0.15) is 0 Å². The van der Waals surface area contributed by atoms with E-state index >= 15 is 0 Å². The minimum Gasteiger partial charge on any atom is -0.488 e. The third-order valence-corrected chi connectivity index (χ3v) is 3.68. The van der Waals surface area contributed by atoms with E-state index in [2.05, 4.69) is 5.32 Å². The van der Waals surface area contributed by atoms with Gasteiger partial charge in [0.2, 0.25) is 5.91 Å². The van der Waals surface area contributed by atoms with Crippen molar-refractivity contribution in [1.82, 2.24) is 5.32 Å². The van der Waals surface area contributed by atoms with E-state index in [1.807, 2.05) is 45.9 Å². The van der Waals surface area contributed by atoms with Crippen molar-refractivity contribution in [2.45, 2.75) is 64.9 Å². The monoisotopic (exact) mass is 335 g/mol. The number of amides is 1. The molecule has 1 aromatic rings. The van der Waals surface area contributed by atoms with Crippen LogP contribution in [0.5, 0.6) is 5.75 Å². The van der Waals surface area contributed by atoms with Crippen molar-refractivity contribution in [3.05, 3.63) is 29.3 Å². The van der Waals surface area contributed by atoms with E-state index in [0.29, 0.717) is 19.4 Å². The number of ether oxygens (including phenoxy) is 2. The van der Waals surface area contributed by atoms with Crippen LogP contribution in [0.2, 0.25) is 0 Å². The molecule has 1 saturated heterocycles. The first-order valence-electron chi connectivity index (χ1n) is 8.10. The highest BCUT2D eigenvalue weighted by Gasteiger charge is 2.34. The average Bonchev–Trinajstić information content (AvgIpc) is 2.94. The highest BCUT2D eigenvalue weighted by atomic mass is 16.5. The summed E-state index contributed by atoms with van der Waals surface area (Å²) in [6.45, 7) is 8.20. The molecular weight excluding hydrogens is 310 g/mol. The Kier molecular flexibility index (Phi) is 5.49. The first-order valence-corrected chi connectivity index (χ1v) is 8.10. The van der Waals surface area contributed by atoms with Gasteiger partial charge in [0, 0.05) is 12.1 Å². The van der Waals surface area contributed by atoms with Gasteiger partial charge < -0.3 is 19.9 Å². The van der Waals surface area contributed by atoms with E-state index in [0.717, 1.165) is 16.9 Å². The Morgan fingerprint density at radius 2 is 1.96 bits per heavy atom. The van der Waals surface area contributed by atoms with Crippen LogP contribution in [-0.2, 0) is 20.9 Å². The molecule has 1 aliphatic rings. The highest BCUT2D eigenvalue weighted by Crippen LogP contribution is 2.25. The fourth-order valence-electron chi connectivity index (χ4n) is 2.54. The lowest BCUT2D eigenvalue weighted by Gasteiger charge is -2.24. The Balaban J connectivity index is 1.99. The summed E-state index contributed by atoms with van der Waals surface area (Å²) in [6, 6.07) is 5.83. The van der Waals surface area contributed by atoms with Crippen molar-refractivity contribution in [3.8, 4) is 5.75 Å². The molecule has 0 spiro atoms. The molecule has 24 heavy (non-hydrogen) atoms. The van der Waals surface area contributed by atoms with E-state index in [4.69, 9.17) is 14.6 Å². The Bertz CT molecular complexity index is 620. The SMILES string of the molecule is Cc1ccc(CNC(=O)[C@@H]2CC[C@H](C(=O)O)O2)c(OC(C)(C)C)c1. The molecule has 2 atom stereocenters. The fraction of sp³-hybridized carbons (Fsp3) is 0.556. The summed E-state index contributed by atoms with van der Waals surface area (Å²) in [5, 5.41) is 11.7. The first kappa shape index (κ1) is 18.3. The van der Waals surface area contributed by atoms with Crippen LogP contribution in [0.25, 0.3) is 0 Å². The van der Waals surface area contributed by atoms with Crippen molar-refractivity contribution in [2.24, 2.45) is 0 Å². The molecular formula is C18H25NO5. The second-order valence-electron chi connectivity index (χ2n) is 7.07. The molecule has 2 N–H and O–H groups in total. The van der Waals surface area contributed by atoms with Crippen molar-refractivity contribution in [3.63, 3.8) is 0 Å². The normalized spacial score (nSPS) is 20.7. The standard InChI is InChI=1S/C18H25NO5/c1-11-5-6-12(15(9-11)24-18(2,3)4)10-19-16(20)13-7-8-14(23-13)17(21)22/h5-6,9,13-14H,7-8,10H2,1-4H3,(H,19,20)(H,21,22)/t13-,14+/m0/s1. The van der Waals surface area contributed by atoms with Gasteiger partial charge in [-0.05, 0) is 52.2 Å². The number of carbonyl (C=O) groups is 2. The average molecular weight is 335 g/mol. The summed E-state index contributed by atoms with van der Waals surface area (Å²) >= 11 is 0. The summed E-state index contributed by atoms with van der Waals surface area (Å²) in [7, 11) is 0. The maximum atomic E-state index is 12.2. The van der Waals surface area contributed by atoms with Crippen molar-refractivity contribution >= 4 is 11.9 Å². The smallest absolute Gasteiger partial charge is 0.332 e. The number of aryl methyl sites for hydroxylation is 1. The predicted octanol–water partition coefficient (Wildman–Crippen LogP) is 2.42. The first-order chi connectivity index (χ1) is 11.2. The van der Waals surface area contributed by atoms with Crippen LogP contribution in [-0.4, -0.2) is 34.8 Å². The van der Waals surface area contributed by atoms with Crippen LogP contribution in [0.3, 0.4) is 0 Å². The summed E-state index contributed by atoms with van der Waals surface area (Å²) in [5.74, 6) is -0.579. The molecule has 6 nitrogen and oxygen atoms in total. The summed E-state index contributed by atoms with van der Waals surface area (Å²) in [5.41, 5.74) is 1.61. The lowest BCUT2D eigenvalue weighted by molar-refractivity contribution is -0.151. The van der Waals surface area contributed by atoms with Gasteiger partial charge in [-0.3, -0.25) is 4.79 Å². The Morgan fingerprint density at radius 1 is 1.29 bits per heavy atom. The lowest BCUT2D eigenvalue weighted by Crippen LogP contribution is -2.35. The number of aliphatic carboxylic acids is 1. The van der Waals surface area contributed by atoms with Gasteiger partial charge in [0.15, 0.2) is 6.10 Å². The molecule has 6 heteroatoms. The van der Waals surface area contributed by atoms with E-state index in [9.17, 15) is 9.59 Å². The van der Waals surface area contributed by atoms with Gasteiger partial charge in [0.1, 0.15) is 17.5 Å². The van der Waals surface area contributed by atoms with Crippen LogP contribution in [0.4, 0.5) is 0 Å². The summed E-state index contributed by atoms with van der Waals surface area (Å²) in [4.78, 5) is 23.1. The molecule has 0 aliphatic carbocycles. The number of hydrogen-bond acceptors (Lipinski definition) is 4. The van der Waals surface area contributed by atoms with Crippen molar-refractivity contribution in [1.29, 1.82) is 0 Å². The zero-order chi connectivity index (χ0) is 17.9. The zero-order valence-corrected chi connectivity index (χ0v) is 14.6. The van der Waals surface area contributed by atoms with Crippen molar-refractivity contribution in [2.75, 3.05) is 0 Å². The minimum absolute atomic E-state index is 0.291. The molecule has 1 heterocycles. The van der Waals surface area contributed by atoms with E-state index in [1.165, 1.54) is 0 Å². The Hall–Kier alpha value is -2.08. The number of nitrogens with one attached hydrogen (secondary N) is 1. The van der Waals surface area contributed by atoms with E-state index in [1.54, 1.807) is 0 Å².